The van der Waals surface area contributed by atoms with Gasteiger partial charge in [-0.3, -0.25) is 0 Å². The molecule has 0 spiro atoms. The summed E-state index contributed by atoms with van der Waals surface area (Å²) in [6, 6.07) is 10.3. The summed E-state index contributed by atoms with van der Waals surface area (Å²) in [5.41, 5.74) is 1.42. The Bertz CT molecular complexity index is 540. The summed E-state index contributed by atoms with van der Waals surface area (Å²) in [7, 11) is 0. The van der Waals surface area contributed by atoms with Crippen molar-refractivity contribution in [3.05, 3.63) is 53.8 Å². The highest BCUT2D eigenvalue weighted by Crippen LogP contribution is 2.29. The van der Waals surface area contributed by atoms with E-state index in [1.807, 2.05) is 6.92 Å². The SMILES string of the molecule is CC(Nc1ccc(F)cc1)c1ccc(O)cc1O. The number of halogens is 1. The summed E-state index contributed by atoms with van der Waals surface area (Å²) in [5, 5.41) is 22.1. The van der Waals surface area contributed by atoms with E-state index in [0.717, 1.165) is 5.69 Å². The lowest BCUT2D eigenvalue weighted by Gasteiger charge is -2.17. The molecule has 94 valence electrons. The van der Waals surface area contributed by atoms with Crippen molar-refractivity contribution < 1.29 is 14.6 Å². The van der Waals surface area contributed by atoms with Crippen LogP contribution in [0, 0.1) is 5.82 Å². The molecule has 1 atom stereocenters. The molecule has 0 heterocycles. The molecule has 2 rings (SSSR count). The minimum absolute atomic E-state index is 0.0187. The number of hydrogen-bond donors (Lipinski definition) is 3. The van der Waals surface area contributed by atoms with Gasteiger partial charge in [-0.25, -0.2) is 4.39 Å². The first kappa shape index (κ1) is 12.2. The minimum Gasteiger partial charge on any atom is -0.508 e. The van der Waals surface area contributed by atoms with E-state index in [-0.39, 0.29) is 23.4 Å². The monoisotopic (exact) mass is 247 g/mol. The first-order valence-electron chi connectivity index (χ1n) is 5.60. The Morgan fingerprint density at radius 1 is 1.06 bits per heavy atom. The van der Waals surface area contributed by atoms with Gasteiger partial charge in [-0.2, -0.15) is 0 Å². The van der Waals surface area contributed by atoms with Gasteiger partial charge < -0.3 is 15.5 Å². The van der Waals surface area contributed by atoms with Crippen molar-refractivity contribution in [1.82, 2.24) is 0 Å². The molecule has 0 aliphatic rings. The van der Waals surface area contributed by atoms with E-state index in [0.29, 0.717) is 5.56 Å². The number of rotatable bonds is 3. The number of hydrogen-bond acceptors (Lipinski definition) is 3. The van der Waals surface area contributed by atoms with Crippen molar-refractivity contribution >= 4 is 5.69 Å². The van der Waals surface area contributed by atoms with Gasteiger partial charge >= 0.3 is 0 Å². The fourth-order valence-electron chi connectivity index (χ4n) is 1.77. The molecule has 0 aliphatic carbocycles. The van der Waals surface area contributed by atoms with Gasteiger partial charge in [0.15, 0.2) is 0 Å². The highest BCUT2D eigenvalue weighted by atomic mass is 19.1. The van der Waals surface area contributed by atoms with E-state index < -0.39 is 0 Å². The molecular formula is C14H14FNO2. The molecule has 4 heteroatoms. The molecule has 0 aromatic heterocycles. The molecule has 18 heavy (non-hydrogen) atoms. The fourth-order valence-corrected chi connectivity index (χ4v) is 1.77. The van der Waals surface area contributed by atoms with Gasteiger partial charge in [0.05, 0.1) is 6.04 Å². The average Bonchev–Trinajstić information content (AvgIpc) is 2.32. The third-order valence-electron chi connectivity index (χ3n) is 2.71. The number of benzene rings is 2. The van der Waals surface area contributed by atoms with Crippen LogP contribution < -0.4 is 5.32 Å². The molecular weight excluding hydrogens is 233 g/mol. The first-order valence-corrected chi connectivity index (χ1v) is 5.60. The van der Waals surface area contributed by atoms with Crippen LogP contribution in [0.1, 0.15) is 18.5 Å². The molecule has 0 radical (unpaired) electrons. The predicted molar refractivity (Wildman–Crippen MR) is 68.2 cm³/mol. The lowest BCUT2D eigenvalue weighted by Crippen LogP contribution is -2.06. The van der Waals surface area contributed by atoms with E-state index in [2.05, 4.69) is 5.32 Å². The molecule has 0 amide bonds. The molecule has 0 fully saturated rings. The highest BCUT2D eigenvalue weighted by molar-refractivity contribution is 5.48. The maximum Gasteiger partial charge on any atom is 0.124 e. The van der Waals surface area contributed by atoms with Gasteiger partial charge in [0.2, 0.25) is 0 Å². The second kappa shape index (κ2) is 4.96. The van der Waals surface area contributed by atoms with E-state index in [1.165, 1.54) is 24.3 Å². The average molecular weight is 247 g/mol. The molecule has 3 nitrogen and oxygen atoms in total. The number of phenolic OH excluding ortho intramolecular Hbond substituents is 2. The lowest BCUT2D eigenvalue weighted by molar-refractivity contribution is 0.444. The van der Waals surface area contributed by atoms with Crippen molar-refractivity contribution in [3.63, 3.8) is 0 Å². The second-order valence-corrected chi connectivity index (χ2v) is 4.12. The Morgan fingerprint density at radius 2 is 1.72 bits per heavy atom. The maximum atomic E-state index is 12.8. The molecule has 0 bridgehead atoms. The second-order valence-electron chi connectivity index (χ2n) is 4.12. The quantitative estimate of drug-likeness (QED) is 0.779. The highest BCUT2D eigenvalue weighted by Gasteiger charge is 2.10. The summed E-state index contributed by atoms with van der Waals surface area (Å²) < 4.78 is 12.8. The Morgan fingerprint density at radius 3 is 2.33 bits per heavy atom. The zero-order chi connectivity index (χ0) is 13.1. The van der Waals surface area contributed by atoms with Crippen LogP contribution in [-0.4, -0.2) is 10.2 Å². The van der Waals surface area contributed by atoms with Gasteiger partial charge in [-0.05, 0) is 43.3 Å². The predicted octanol–water partition coefficient (Wildman–Crippen LogP) is 3.41. The van der Waals surface area contributed by atoms with E-state index in [9.17, 15) is 14.6 Å². The molecule has 2 aromatic carbocycles. The zero-order valence-corrected chi connectivity index (χ0v) is 9.89. The van der Waals surface area contributed by atoms with Crippen LogP contribution in [0.25, 0.3) is 0 Å². The van der Waals surface area contributed by atoms with Gasteiger partial charge in [0, 0.05) is 17.3 Å². The van der Waals surface area contributed by atoms with Crippen LogP contribution in [0.3, 0.4) is 0 Å². The van der Waals surface area contributed by atoms with Crippen LogP contribution in [0.15, 0.2) is 42.5 Å². The normalized spacial score (nSPS) is 12.1. The van der Waals surface area contributed by atoms with Crippen molar-refractivity contribution in [1.29, 1.82) is 0 Å². The Hall–Kier alpha value is -2.23. The van der Waals surface area contributed by atoms with Crippen LogP contribution in [-0.2, 0) is 0 Å². The standard InChI is InChI=1S/C14H14FNO2/c1-9(13-7-6-12(17)8-14(13)18)16-11-4-2-10(15)3-5-11/h2-9,16-18H,1H3. The Kier molecular flexibility index (Phi) is 3.37. The van der Waals surface area contributed by atoms with Gasteiger partial charge in [0.25, 0.3) is 0 Å². The van der Waals surface area contributed by atoms with Crippen molar-refractivity contribution in [2.45, 2.75) is 13.0 Å². The zero-order valence-electron chi connectivity index (χ0n) is 9.89. The van der Waals surface area contributed by atoms with Gasteiger partial charge in [-0.15, -0.1) is 0 Å². The Balaban J connectivity index is 2.16. The molecule has 2 aromatic rings. The van der Waals surface area contributed by atoms with Crippen LogP contribution in [0.4, 0.5) is 10.1 Å². The van der Waals surface area contributed by atoms with E-state index in [4.69, 9.17) is 0 Å². The third kappa shape index (κ3) is 2.71. The summed E-state index contributed by atoms with van der Waals surface area (Å²) in [4.78, 5) is 0. The number of phenols is 2. The molecule has 0 saturated carbocycles. The van der Waals surface area contributed by atoms with E-state index >= 15 is 0 Å². The number of nitrogens with one attached hydrogen (secondary N) is 1. The molecule has 0 saturated heterocycles. The third-order valence-corrected chi connectivity index (χ3v) is 2.71. The first-order chi connectivity index (χ1) is 8.56. The maximum absolute atomic E-state index is 12.8. The Labute approximate surface area is 105 Å². The summed E-state index contributed by atoms with van der Waals surface area (Å²) >= 11 is 0. The number of aromatic hydroxyl groups is 2. The van der Waals surface area contributed by atoms with Crippen molar-refractivity contribution in [2.75, 3.05) is 5.32 Å². The minimum atomic E-state index is -0.291. The van der Waals surface area contributed by atoms with Crippen molar-refractivity contribution in [2.24, 2.45) is 0 Å². The molecule has 3 N–H and O–H groups in total. The lowest BCUT2D eigenvalue weighted by atomic mass is 10.1. The van der Waals surface area contributed by atoms with E-state index in [1.54, 1.807) is 18.2 Å². The summed E-state index contributed by atoms with van der Waals surface area (Å²) in [6.45, 7) is 1.87. The van der Waals surface area contributed by atoms with Gasteiger partial charge in [-0.1, -0.05) is 0 Å². The number of anilines is 1. The van der Waals surface area contributed by atoms with Gasteiger partial charge in [0.1, 0.15) is 17.3 Å². The smallest absolute Gasteiger partial charge is 0.124 e. The largest absolute Gasteiger partial charge is 0.508 e. The molecule has 0 aliphatic heterocycles. The van der Waals surface area contributed by atoms with Crippen molar-refractivity contribution in [3.8, 4) is 11.5 Å². The topological polar surface area (TPSA) is 52.5 Å². The fraction of sp³-hybridized carbons (Fsp3) is 0.143. The summed E-state index contributed by atoms with van der Waals surface area (Å²) in [5.74, 6) is -0.247. The van der Waals surface area contributed by atoms with Crippen LogP contribution in [0.2, 0.25) is 0 Å². The summed E-state index contributed by atoms with van der Waals surface area (Å²) in [6.07, 6.45) is 0. The molecule has 1 unspecified atom stereocenters. The van der Waals surface area contributed by atoms with Crippen LogP contribution >= 0.6 is 0 Å². The van der Waals surface area contributed by atoms with Crippen LogP contribution in [0.5, 0.6) is 11.5 Å².